The second kappa shape index (κ2) is 9.87. The molecule has 1 heterocycles. The number of carbonyl (C=O) groups is 1. The molecule has 0 aliphatic heterocycles. The maximum Gasteiger partial charge on any atom is 0.337 e. The number of benzene rings is 1. The Bertz CT molecular complexity index is 670. The van der Waals surface area contributed by atoms with Crippen LogP contribution in [0, 0.1) is 0 Å². The van der Waals surface area contributed by atoms with Crippen molar-refractivity contribution in [1.29, 1.82) is 0 Å². The second-order valence-electron chi connectivity index (χ2n) is 5.76. The first-order valence-electron chi connectivity index (χ1n) is 8.91. The normalized spacial score (nSPS) is 10.7. The van der Waals surface area contributed by atoms with Crippen LogP contribution in [-0.2, 0) is 11.8 Å². The van der Waals surface area contributed by atoms with Crippen LogP contribution in [0.15, 0.2) is 22.8 Å². The van der Waals surface area contributed by atoms with Gasteiger partial charge in [0.15, 0.2) is 0 Å². The summed E-state index contributed by atoms with van der Waals surface area (Å²) in [6.07, 6.45) is 4.72. The Morgan fingerprint density at radius 3 is 2.29 bits per heavy atom. The average Bonchev–Trinajstić information content (AvgIpc) is 2.86. The molecule has 0 aliphatic rings. The minimum absolute atomic E-state index is 0.292. The summed E-state index contributed by atoms with van der Waals surface area (Å²) < 4.78 is 8.07. The number of carbonyl (C=O) groups excluding carboxylic acids is 1. The van der Waals surface area contributed by atoms with E-state index in [1.54, 1.807) is 0 Å². The van der Waals surface area contributed by atoms with Crippen molar-refractivity contribution in [3.05, 3.63) is 33.9 Å². The van der Waals surface area contributed by atoms with Crippen LogP contribution in [-0.4, -0.2) is 17.6 Å². The monoisotopic (exact) mass is 395 g/mol. The lowest BCUT2D eigenvalue weighted by atomic mass is 9.90. The molecular formula is C20H30BrNO2. The number of esters is 1. The summed E-state index contributed by atoms with van der Waals surface area (Å²) in [5.41, 5.74) is 3.04. The molecule has 134 valence electrons. The quantitative estimate of drug-likeness (QED) is 0.527. The van der Waals surface area contributed by atoms with Crippen LogP contribution in [0.1, 0.15) is 75.2 Å². The molecular weight excluding hydrogens is 366 g/mol. The summed E-state index contributed by atoms with van der Waals surface area (Å²) in [7, 11) is 3.45. The van der Waals surface area contributed by atoms with Gasteiger partial charge in [-0.05, 0) is 52.4 Å². The van der Waals surface area contributed by atoms with Gasteiger partial charge in [0.1, 0.15) is 0 Å². The van der Waals surface area contributed by atoms with Crippen molar-refractivity contribution in [3.63, 3.8) is 0 Å². The Labute approximate surface area is 154 Å². The molecule has 0 radical (unpaired) electrons. The van der Waals surface area contributed by atoms with E-state index in [-0.39, 0.29) is 5.97 Å². The van der Waals surface area contributed by atoms with Gasteiger partial charge >= 0.3 is 5.97 Å². The van der Waals surface area contributed by atoms with Gasteiger partial charge in [-0.2, -0.15) is 0 Å². The molecule has 1 aromatic carbocycles. The lowest BCUT2D eigenvalue weighted by Crippen LogP contribution is -2.01. The maximum atomic E-state index is 11.8. The van der Waals surface area contributed by atoms with E-state index in [2.05, 4.69) is 40.4 Å². The largest absolute Gasteiger partial charge is 0.465 e. The summed E-state index contributed by atoms with van der Waals surface area (Å²) in [6.45, 7) is 8.47. The number of ether oxygens (including phenoxy) is 1. The summed E-state index contributed by atoms with van der Waals surface area (Å²) in [6, 6.07) is 5.84. The lowest BCUT2D eigenvalue weighted by molar-refractivity contribution is 0.0601. The van der Waals surface area contributed by atoms with Gasteiger partial charge in [-0.3, -0.25) is 0 Å². The van der Waals surface area contributed by atoms with Crippen molar-refractivity contribution >= 4 is 32.8 Å². The van der Waals surface area contributed by atoms with E-state index in [4.69, 9.17) is 4.74 Å². The Hall–Kier alpha value is -1.29. The van der Waals surface area contributed by atoms with Crippen molar-refractivity contribution < 1.29 is 9.53 Å². The summed E-state index contributed by atoms with van der Waals surface area (Å²) >= 11 is 3.76. The molecule has 24 heavy (non-hydrogen) atoms. The maximum absolute atomic E-state index is 11.8. The number of hydrogen-bond donors (Lipinski definition) is 0. The van der Waals surface area contributed by atoms with Crippen molar-refractivity contribution in [2.75, 3.05) is 7.11 Å². The van der Waals surface area contributed by atoms with Crippen LogP contribution in [0.5, 0.6) is 0 Å². The smallest absolute Gasteiger partial charge is 0.337 e. The number of nitrogens with zero attached hydrogens (tertiary/aromatic N) is 1. The van der Waals surface area contributed by atoms with Crippen molar-refractivity contribution in [2.24, 2.45) is 7.05 Å². The van der Waals surface area contributed by atoms with Gasteiger partial charge < -0.3 is 9.30 Å². The standard InChI is InChI=1S/C18H24BrNO2.C2H6/c1-5-7-12(8-6-2)16-14-10-9-13(18(21)22-4)11-15(14)20(3)17(16)19;1-2/h9-12H,5-8H2,1-4H3;1-2H3. The third-order valence-electron chi connectivity index (χ3n) is 4.27. The van der Waals surface area contributed by atoms with Gasteiger partial charge in [0.05, 0.1) is 17.3 Å². The molecule has 0 amide bonds. The predicted molar refractivity (Wildman–Crippen MR) is 106 cm³/mol. The van der Waals surface area contributed by atoms with Gasteiger partial charge in [-0.1, -0.05) is 46.6 Å². The summed E-state index contributed by atoms with van der Waals surface area (Å²) in [5.74, 6) is 0.261. The molecule has 0 N–H and O–H groups in total. The lowest BCUT2D eigenvalue weighted by Gasteiger charge is -2.16. The van der Waals surface area contributed by atoms with Gasteiger partial charge in [0.25, 0.3) is 0 Å². The highest BCUT2D eigenvalue weighted by Gasteiger charge is 2.21. The molecule has 0 spiro atoms. The fraction of sp³-hybridized carbons (Fsp3) is 0.550. The Kier molecular flexibility index (Phi) is 8.54. The molecule has 2 aromatic rings. The minimum Gasteiger partial charge on any atom is -0.465 e. The number of aromatic nitrogens is 1. The molecule has 0 unspecified atom stereocenters. The van der Waals surface area contributed by atoms with Crippen LogP contribution < -0.4 is 0 Å². The van der Waals surface area contributed by atoms with Crippen molar-refractivity contribution in [2.45, 2.75) is 59.3 Å². The van der Waals surface area contributed by atoms with Crippen LogP contribution >= 0.6 is 15.9 Å². The van der Waals surface area contributed by atoms with Crippen molar-refractivity contribution in [1.82, 2.24) is 4.57 Å². The van der Waals surface area contributed by atoms with E-state index in [0.717, 1.165) is 10.1 Å². The molecule has 0 aliphatic carbocycles. The van der Waals surface area contributed by atoms with Crippen LogP contribution in [0.4, 0.5) is 0 Å². The second-order valence-corrected chi connectivity index (χ2v) is 6.51. The summed E-state index contributed by atoms with van der Waals surface area (Å²) in [5, 5.41) is 1.23. The van der Waals surface area contributed by atoms with E-state index in [1.165, 1.54) is 43.7 Å². The van der Waals surface area contributed by atoms with Gasteiger partial charge in [0, 0.05) is 18.0 Å². The number of hydrogen-bond acceptors (Lipinski definition) is 2. The SMILES string of the molecule is CC.CCCC(CCC)c1c(Br)n(C)c2cc(C(=O)OC)ccc12. The fourth-order valence-corrected chi connectivity index (χ4v) is 3.93. The summed E-state index contributed by atoms with van der Waals surface area (Å²) in [4.78, 5) is 11.8. The first-order valence-corrected chi connectivity index (χ1v) is 9.70. The van der Waals surface area contributed by atoms with E-state index < -0.39 is 0 Å². The average molecular weight is 396 g/mol. The molecule has 0 saturated carbocycles. The molecule has 0 saturated heterocycles. The minimum atomic E-state index is -0.292. The van der Waals surface area contributed by atoms with Gasteiger partial charge in [-0.15, -0.1) is 0 Å². The molecule has 1 aromatic heterocycles. The highest BCUT2D eigenvalue weighted by molar-refractivity contribution is 9.10. The zero-order valence-corrected chi connectivity index (χ0v) is 17.4. The third-order valence-corrected chi connectivity index (χ3v) is 5.23. The zero-order valence-electron chi connectivity index (χ0n) is 15.8. The first kappa shape index (κ1) is 20.8. The number of aryl methyl sites for hydroxylation is 1. The Morgan fingerprint density at radius 2 is 1.79 bits per heavy atom. The Balaban J connectivity index is 0.00000139. The van der Waals surface area contributed by atoms with Gasteiger partial charge in [-0.25, -0.2) is 4.79 Å². The molecule has 4 heteroatoms. The molecule has 3 nitrogen and oxygen atoms in total. The van der Waals surface area contributed by atoms with Crippen LogP contribution in [0.2, 0.25) is 0 Å². The fourth-order valence-electron chi connectivity index (χ4n) is 3.20. The number of fused-ring (bicyclic) bond motifs is 1. The van der Waals surface area contributed by atoms with Crippen LogP contribution in [0.3, 0.4) is 0 Å². The van der Waals surface area contributed by atoms with Crippen molar-refractivity contribution in [3.8, 4) is 0 Å². The molecule has 2 rings (SSSR count). The number of rotatable bonds is 6. The van der Waals surface area contributed by atoms with E-state index in [0.29, 0.717) is 11.5 Å². The van der Waals surface area contributed by atoms with Crippen LogP contribution in [0.25, 0.3) is 10.9 Å². The van der Waals surface area contributed by atoms with E-state index in [1.807, 2.05) is 33.0 Å². The topological polar surface area (TPSA) is 31.2 Å². The van der Waals surface area contributed by atoms with E-state index >= 15 is 0 Å². The Morgan fingerprint density at radius 1 is 1.21 bits per heavy atom. The first-order chi connectivity index (χ1) is 11.5. The zero-order chi connectivity index (χ0) is 18.3. The molecule has 0 fully saturated rings. The third kappa shape index (κ3) is 4.21. The molecule has 0 atom stereocenters. The number of halogens is 1. The highest BCUT2D eigenvalue weighted by atomic mass is 79.9. The van der Waals surface area contributed by atoms with E-state index in [9.17, 15) is 4.79 Å². The number of methoxy groups -OCH3 is 1. The predicted octanol–water partition coefficient (Wildman–Crippen LogP) is 6.44. The van der Waals surface area contributed by atoms with Gasteiger partial charge in [0.2, 0.25) is 0 Å². The molecule has 0 bridgehead atoms. The highest BCUT2D eigenvalue weighted by Crippen LogP contribution is 2.39.